The van der Waals surface area contributed by atoms with Crippen LogP contribution in [0, 0.1) is 16.0 Å². The number of nitro groups is 1. The number of benzene rings is 2. The summed E-state index contributed by atoms with van der Waals surface area (Å²) in [6, 6.07) is 16.8. The van der Waals surface area contributed by atoms with E-state index in [1.54, 1.807) is 18.2 Å². The van der Waals surface area contributed by atoms with Crippen molar-refractivity contribution in [2.75, 3.05) is 25.0 Å². The van der Waals surface area contributed by atoms with Gasteiger partial charge in [-0.2, -0.15) is 0 Å². The lowest BCUT2D eigenvalue weighted by molar-refractivity contribution is -0.898. The zero-order chi connectivity index (χ0) is 18.4. The number of piperidine rings is 1. The van der Waals surface area contributed by atoms with Gasteiger partial charge in [0.2, 0.25) is 0 Å². The van der Waals surface area contributed by atoms with Gasteiger partial charge >= 0.3 is 0 Å². The van der Waals surface area contributed by atoms with E-state index in [0.717, 1.165) is 32.4 Å². The first-order valence-corrected chi connectivity index (χ1v) is 9.02. The van der Waals surface area contributed by atoms with Crippen molar-refractivity contribution in [3.63, 3.8) is 0 Å². The van der Waals surface area contributed by atoms with E-state index in [2.05, 4.69) is 29.6 Å². The topological polar surface area (TPSA) is 76.7 Å². The van der Waals surface area contributed by atoms with Crippen molar-refractivity contribution >= 4 is 17.3 Å². The van der Waals surface area contributed by atoms with Crippen LogP contribution >= 0.6 is 0 Å². The molecule has 2 aromatic rings. The average molecular weight is 354 g/mol. The summed E-state index contributed by atoms with van der Waals surface area (Å²) in [6.07, 6.45) is 3.29. The van der Waals surface area contributed by atoms with E-state index >= 15 is 0 Å². The number of anilines is 1. The maximum atomic E-state index is 12.3. The van der Waals surface area contributed by atoms with Crippen molar-refractivity contribution in [3.8, 4) is 0 Å². The number of hydrogen-bond donors (Lipinski definition) is 2. The third-order valence-electron chi connectivity index (χ3n) is 4.96. The van der Waals surface area contributed by atoms with Crippen molar-refractivity contribution in [1.82, 2.24) is 0 Å². The molecule has 0 radical (unpaired) electrons. The highest BCUT2D eigenvalue weighted by molar-refractivity contribution is 5.93. The number of amides is 1. The SMILES string of the molecule is O=C(C[NH+]1CCC(Cc2ccccc2)CC1)Nc1ccccc1[N+](=O)[O-]. The number of nitrogens with one attached hydrogen (secondary N) is 2. The molecule has 2 aromatic carbocycles. The highest BCUT2D eigenvalue weighted by Crippen LogP contribution is 2.22. The molecule has 0 aliphatic carbocycles. The lowest BCUT2D eigenvalue weighted by Crippen LogP contribution is -3.14. The lowest BCUT2D eigenvalue weighted by atomic mass is 9.90. The quantitative estimate of drug-likeness (QED) is 0.616. The molecular weight excluding hydrogens is 330 g/mol. The number of para-hydroxylation sites is 2. The van der Waals surface area contributed by atoms with Gasteiger partial charge in [0.25, 0.3) is 11.6 Å². The Balaban J connectivity index is 1.47. The molecule has 2 N–H and O–H groups in total. The predicted octanol–water partition coefficient (Wildman–Crippen LogP) is 2.07. The third kappa shape index (κ3) is 4.89. The van der Waals surface area contributed by atoms with Crippen molar-refractivity contribution < 1.29 is 14.6 Å². The number of quaternary nitrogens is 1. The first-order valence-electron chi connectivity index (χ1n) is 9.02. The molecule has 0 aromatic heterocycles. The van der Waals surface area contributed by atoms with Crippen molar-refractivity contribution in [3.05, 3.63) is 70.3 Å². The van der Waals surface area contributed by atoms with Crippen LogP contribution in [-0.4, -0.2) is 30.5 Å². The fraction of sp³-hybridized carbons (Fsp3) is 0.350. The Labute approximate surface area is 153 Å². The molecule has 1 aliphatic heterocycles. The van der Waals surface area contributed by atoms with Crippen LogP contribution in [0.3, 0.4) is 0 Å². The van der Waals surface area contributed by atoms with Crippen molar-refractivity contribution in [1.29, 1.82) is 0 Å². The third-order valence-corrected chi connectivity index (χ3v) is 4.96. The largest absolute Gasteiger partial charge is 0.327 e. The standard InChI is InChI=1S/C20H23N3O3/c24-20(21-18-8-4-5-9-19(18)23(25)26)15-22-12-10-17(11-13-22)14-16-6-2-1-3-7-16/h1-9,17H,10-15H2,(H,21,24)/p+1. The molecule has 1 fully saturated rings. The van der Waals surface area contributed by atoms with Crippen LogP contribution in [-0.2, 0) is 11.2 Å². The Morgan fingerprint density at radius 2 is 1.73 bits per heavy atom. The van der Waals surface area contributed by atoms with Gasteiger partial charge in [-0.15, -0.1) is 0 Å². The molecule has 0 unspecified atom stereocenters. The number of nitrogens with zero attached hydrogens (tertiary/aromatic N) is 1. The molecule has 1 amide bonds. The van der Waals surface area contributed by atoms with E-state index < -0.39 is 4.92 Å². The molecule has 1 heterocycles. The van der Waals surface area contributed by atoms with Crippen LogP contribution in [0.5, 0.6) is 0 Å². The van der Waals surface area contributed by atoms with Crippen LogP contribution in [0.4, 0.5) is 11.4 Å². The molecule has 1 aliphatic rings. The Morgan fingerprint density at radius 1 is 1.08 bits per heavy atom. The summed E-state index contributed by atoms with van der Waals surface area (Å²) in [7, 11) is 0. The number of carbonyl (C=O) groups is 1. The maximum absolute atomic E-state index is 12.3. The van der Waals surface area contributed by atoms with E-state index in [4.69, 9.17) is 0 Å². The van der Waals surface area contributed by atoms with Crippen LogP contribution in [0.1, 0.15) is 18.4 Å². The minimum absolute atomic E-state index is 0.0718. The average Bonchev–Trinajstić information content (AvgIpc) is 2.64. The first-order chi connectivity index (χ1) is 12.6. The van der Waals surface area contributed by atoms with Gasteiger partial charge in [0, 0.05) is 6.07 Å². The van der Waals surface area contributed by atoms with Gasteiger partial charge in [-0.3, -0.25) is 14.9 Å². The first kappa shape index (κ1) is 18.1. The van der Waals surface area contributed by atoms with Gasteiger partial charge in [-0.05, 0) is 36.8 Å². The molecule has 1 saturated heterocycles. The fourth-order valence-electron chi connectivity index (χ4n) is 3.57. The molecule has 136 valence electrons. The second-order valence-electron chi connectivity index (χ2n) is 6.88. The number of nitro benzene ring substituents is 1. The second-order valence-corrected chi connectivity index (χ2v) is 6.88. The fourth-order valence-corrected chi connectivity index (χ4v) is 3.57. The van der Waals surface area contributed by atoms with Crippen molar-refractivity contribution in [2.24, 2.45) is 5.92 Å². The van der Waals surface area contributed by atoms with Gasteiger partial charge in [0.15, 0.2) is 6.54 Å². The molecule has 0 saturated carbocycles. The second kappa shape index (κ2) is 8.58. The Bertz CT molecular complexity index is 756. The van der Waals surface area contributed by atoms with E-state index in [9.17, 15) is 14.9 Å². The maximum Gasteiger partial charge on any atom is 0.292 e. The number of rotatable bonds is 6. The summed E-state index contributed by atoms with van der Waals surface area (Å²) >= 11 is 0. The number of likely N-dealkylation sites (tertiary alicyclic amines) is 1. The highest BCUT2D eigenvalue weighted by Gasteiger charge is 2.25. The van der Waals surface area contributed by atoms with Crippen LogP contribution in [0.25, 0.3) is 0 Å². The van der Waals surface area contributed by atoms with Gasteiger partial charge in [-0.1, -0.05) is 42.5 Å². The molecule has 0 atom stereocenters. The van der Waals surface area contributed by atoms with Crippen LogP contribution < -0.4 is 10.2 Å². The minimum atomic E-state index is -0.475. The monoisotopic (exact) mass is 354 g/mol. The normalized spacial score (nSPS) is 19.7. The minimum Gasteiger partial charge on any atom is -0.327 e. The van der Waals surface area contributed by atoms with Gasteiger partial charge in [0.1, 0.15) is 5.69 Å². The summed E-state index contributed by atoms with van der Waals surface area (Å²) in [4.78, 5) is 24.1. The van der Waals surface area contributed by atoms with E-state index in [-0.39, 0.29) is 17.3 Å². The zero-order valence-electron chi connectivity index (χ0n) is 14.7. The Hall–Kier alpha value is -2.73. The molecule has 26 heavy (non-hydrogen) atoms. The van der Waals surface area contributed by atoms with E-state index in [0.29, 0.717) is 12.5 Å². The lowest BCUT2D eigenvalue weighted by Gasteiger charge is -2.28. The summed E-state index contributed by atoms with van der Waals surface area (Å²) in [5.41, 5.74) is 1.56. The molecule has 3 rings (SSSR count). The predicted molar refractivity (Wildman–Crippen MR) is 100 cm³/mol. The summed E-state index contributed by atoms with van der Waals surface area (Å²) < 4.78 is 0. The highest BCUT2D eigenvalue weighted by atomic mass is 16.6. The molecule has 0 spiro atoms. The van der Waals surface area contributed by atoms with Gasteiger partial charge in [0.05, 0.1) is 18.0 Å². The Morgan fingerprint density at radius 3 is 2.42 bits per heavy atom. The van der Waals surface area contributed by atoms with Crippen LogP contribution in [0.2, 0.25) is 0 Å². The summed E-state index contributed by atoms with van der Waals surface area (Å²) in [6.45, 7) is 2.27. The molecule has 6 heteroatoms. The van der Waals surface area contributed by atoms with Crippen molar-refractivity contribution in [2.45, 2.75) is 19.3 Å². The number of carbonyl (C=O) groups excluding carboxylic acids is 1. The van der Waals surface area contributed by atoms with Gasteiger partial charge in [-0.25, -0.2) is 0 Å². The Kier molecular flexibility index (Phi) is 5.96. The number of hydrogen-bond acceptors (Lipinski definition) is 3. The van der Waals surface area contributed by atoms with E-state index in [1.807, 2.05) is 6.07 Å². The van der Waals surface area contributed by atoms with Gasteiger partial charge < -0.3 is 10.2 Å². The molecular formula is C20H24N3O3+. The zero-order valence-corrected chi connectivity index (χ0v) is 14.7. The van der Waals surface area contributed by atoms with E-state index in [1.165, 1.54) is 16.5 Å². The summed E-state index contributed by atoms with van der Waals surface area (Å²) in [5.74, 6) is 0.496. The van der Waals surface area contributed by atoms with Crippen LogP contribution in [0.15, 0.2) is 54.6 Å². The summed E-state index contributed by atoms with van der Waals surface area (Å²) in [5, 5.41) is 13.7. The molecule has 0 bridgehead atoms. The smallest absolute Gasteiger partial charge is 0.292 e. The molecule has 6 nitrogen and oxygen atoms in total.